The maximum absolute atomic E-state index is 6.16. The van der Waals surface area contributed by atoms with Crippen LogP contribution in [0.15, 0.2) is 0 Å². The molecule has 3 fully saturated rings. The summed E-state index contributed by atoms with van der Waals surface area (Å²) in [6.07, 6.45) is 6.94. The summed E-state index contributed by atoms with van der Waals surface area (Å²) in [5, 5.41) is 0. The topological polar surface area (TPSA) is 32.5 Å². The van der Waals surface area contributed by atoms with E-state index >= 15 is 0 Å². The Morgan fingerprint density at radius 2 is 1.47 bits per heavy atom. The van der Waals surface area contributed by atoms with Crippen molar-refractivity contribution in [1.29, 1.82) is 0 Å². The second-order valence-corrected chi connectivity index (χ2v) is 6.40. The van der Waals surface area contributed by atoms with E-state index in [0.29, 0.717) is 6.04 Å². The predicted octanol–water partition coefficient (Wildman–Crippen LogP) is 1.14. The molecule has 3 nitrogen and oxygen atoms in total. The second kappa shape index (κ2) is 5.25. The molecule has 2 N–H and O–H groups in total. The highest BCUT2D eigenvalue weighted by Crippen LogP contribution is 2.30. The molecular weight excluding hydrogens is 210 g/mol. The van der Waals surface area contributed by atoms with Crippen molar-refractivity contribution in [2.24, 2.45) is 17.6 Å². The molecule has 0 spiro atoms. The average molecular weight is 237 g/mol. The molecule has 2 atom stereocenters. The van der Waals surface area contributed by atoms with Crippen molar-refractivity contribution in [2.75, 3.05) is 39.3 Å². The Kier molecular flexibility index (Phi) is 3.69. The molecular formula is C14H27N3. The minimum Gasteiger partial charge on any atom is -0.327 e. The van der Waals surface area contributed by atoms with Crippen molar-refractivity contribution < 1.29 is 0 Å². The van der Waals surface area contributed by atoms with Gasteiger partial charge in [0.15, 0.2) is 0 Å². The van der Waals surface area contributed by atoms with Gasteiger partial charge in [-0.15, -0.1) is 0 Å². The minimum absolute atomic E-state index is 0.486. The molecule has 3 aliphatic rings. The zero-order valence-corrected chi connectivity index (χ0v) is 11.0. The van der Waals surface area contributed by atoms with Crippen molar-refractivity contribution >= 4 is 0 Å². The van der Waals surface area contributed by atoms with Crippen LogP contribution in [-0.2, 0) is 0 Å². The van der Waals surface area contributed by atoms with Gasteiger partial charge in [-0.2, -0.15) is 0 Å². The van der Waals surface area contributed by atoms with E-state index in [-0.39, 0.29) is 0 Å². The first kappa shape index (κ1) is 11.9. The Morgan fingerprint density at radius 1 is 0.824 bits per heavy atom. The van der Waals surface area contributed by atoms with Crippen LogP contribution in [0.3, 0.4) is 0 Å². The van der Waals surface area contributed by atoms with E-state index in [2.05, 4.69) is 9.80 Å². The van der Waals surface area contributed by atoms with Crippen molar-refractivity contribution in [3.63, 3.8) is 0 Å². The number of nitrogens with two attached hydrogens (primary N) is 1. The first-order chi connectivity index (χ1) is 8.31. The lowest BCUT2D eigenvalue weighted by molar-refractivity contribution is 0.112. The Balaban J connectivity index is 1.38. The first-order valence-corrected chi connectivity index (χ1v) is 7.51. The van der Waals surface area contributed by atoms with Crippen molar-refractivity contribution in [1.82, 2.24) is 9.80 Å². The minimum atomic E-state index is 0.486. The largest absolute Gasteiger partial charge is 0.327 e. The third-order valence-electron chi connectivity index (χ3n) is 4.89. The highest BCUT2D eigenvalue weighted by Gasteiger charge is 2.29. The molecule has 17 heavy (non-hydrogen) atoms. The Morgan fingerprint density at radius 3 is 2.00 bits per heavy atom. The quantitative estimate of drug-likeness (QED) is 0.796. The number of piperazine rings is 1. The van der Waals surface area contributed by atoms with Crippen LogP contribution in [0.2, 0.25) is 0 Å². The molecule has 2 unspecified atom stereocenters. The number of hydrogen-bond acceptors (Lipinski definition) is 3. The first-order valence-electron chi connectivity index (χ1n) is 7.51. The van der Waals surface area contributed by atoms with Gasteiger partial charge in [0.2, 0.25) is 0 Å². The predicted molar refractivity (Wildman–Crippen MR) is 70.9 cm³/mol. The average Bonchev–Trinajstić information content (AvgIpc) is 3.06. The van der Waals surface area contributed by atoms with Gasteiger partial charge in [-0.25, -0.2) is 0 Å². The maximum atomic E-state index is 6.16. The van der Waals surface area contributed by atoms with E-state index in [1.165, 1.54) is 71.4 Å². The highest BCUT2D eigenvalue weighted by molar-refractivity contribution is 4.85. The summed E-state index contributed by atoms with van der Waals surface area (Å²) in [6, 6.07) is 0.486. The van der Waals surface area contributed by atoms with E-state index in [0.717, 1.165) is 11.8 Å². The molecule has 2 saturated carbocycles. The molecule has 2 aliphatic carbocycles. The van der Waals surface area contributed by atoms with Gasteiger partial charge in [0, 0.05) is 45.3 Å². The molecule has 3 rings (SSSR count). The van der Waals surface area contributed by atoms with Crippen molar-refractivity contribution in [2.45, 2.75) is 38.1 Å². The van der Waals surface area contributed by atoms with Crippen LogP contribution in [0.25, 0.3) is 0 Å². The molecule has 0 bridgehead atoms. The van der Waals surface area contributed by atoms with Gasteiger partial charge in [0.1, 0.15) is 0 Å². The fraction of sp³-hybridized carbons (Fsp3) is 1.00. The molecule has 1 aliphatic heterocycles. The van der Waals surface area contributed by atoms with E-state index < -0.39 is 0 Å². The van der Waals surface area contributed by atoms with Crippen LogP contribution in [0.4, 0.5) is 0 Å². The molecule has 98 valence electrons. The summed E-state index contributed by atoms with van der Waals surface area (Å²) in [7, 11) is 0. The summed E-state index contributed by atoms with van der Waals surface area (Å²) in [4.78, 5) is 5.32. The van der Waals surface area contributed by atoms with Crippen molar-refractivity contribution in [3.8, 4) is 0 Å². The molecule has 0 aromatic heterocycles. The third kappa shape index (κ3) is 3.21. The van der Waals surface area contributed by atoms with E-state index in [9.17, 15) is 0 Å². The lowest BCUT2D eigenvalue weighted by atomic mass is 10.0. The van der Waals surface area contributed by atoms with Gasteiger partial charge in [-0.1, -0.05) is 6.42 Å². The Labute approximate surface area is 105 Å². The molecule has 0 aromatic carbocycles. The van der Waals surface area contributed by atoms with E-state index in [1.807, 2.05) is 0 Å². The Bertz CT molecular complexity index is 244. The zero-order valence-electron chi connectivity index (χ0n) is 11.0. The van der Waals surface area contributed by atoms with Crippen LogP contribution in [0.5, 0.6) is 0 Å². The molecule has 0 aromatic rings. The lowest BCUT2D eigenvalue weighted by Gasteiger charge is -2.36. The summed E-state index contributed by atoms with van der Waals surface area (Å²) in [5.41, 5.74) is 6.16. The van der Waals surface area contributed by atoms with Crippen LogP contribution in [-0.4, -0.2) is 55.1 Å². The van der Waals surface area contributed by atoms with Gasteiger partial charge < -0.3 is 15.5 Å². The zero-order chi connectivity index (χ0) is 11.7. The highest BCUT2D eigenvalue weighted by atomic mass is 15.3. The van der Waals surface area contributed by atoms with Crippen molar-refractivity contribution in [3.05, 3.63) is 0 Å². The molecule has 3 heteroatoms. The smallest absolute Gasteiger partial charge is 0.0110 e. The standard InChI is InChI=1S/C14H27N3/c15-14-3-1-2-13(14)11-17-8-6-16(7-9-17)10-12-4-5-12/h12-14H,1-11,15H2. The summed E-state index contributed by atoms with van der Waals surface area (Å²) in [5.74, 6) is 1.83. The Hall–Kier alpha value is -0.120. The third-order valence-corrected chi connectivity index (χ3v) is 4.89. The molecule has 0 amide bonds. The number of rotatable bonds is 4. The van der Waals surface area contributed by atoms with Gasteiger partial charge in [0.05, 0.1) is 0 Å². The van der Waals surface area contributed by atoms with Crippen LogP contribution < -0.4 is 5.73 Å². The molecule has 1 heterocycles. The summed E-state index contributed by atoms with van der Waals surface area (Å²) >= 11 is 0. The SMILES string of the molecule is NC1CCCC1CN1CCN(CC2CC2)CC1. The lowest BCUT2D eigenvalue weighted by Crippen LogP contribution is -2.49. The fourth-order valence-electron chi connectivity index (χ4n) is 3.44. The van der Waals surface area contributed by atoms with E-state index in [1.54, 1.807) is 0 Å². The monoisotopic (exact) mass is 237 g/mol. The number of nitrogens with zero attached hydrogens (tertiary/aromatic N) is 2. The maximum Gasteiger partial charge on any atom is 0.0110 e. The van der Waals surface area contributed by atoms with Crippen LogP contribution in [0.1, 0.15) is 32.1 Å². The second-order valence-electron chi connectivity index (χ2n) is 6.40. The van der Waals surface area contributed by atoms with Crippen LogP contribution in [0, 0.1) is 11.8 Å². The van der Waals surface area contributed by atoms with Crippen LogP contribution >= 0.6 is 0 Å². The molecule has 0 radical (unpaired) electrons. The molecule has 1 saturated heterocycles. The van der Waals surface area contributed by atoms with Gasteiger partial charge in [-0.05, 0) is 37.5 Å². The number of hydrogen-bond donors (Lipinski definition) is 1. The van der Waals surface area contributed by atoms with Gasteiger partial charge in [-0.3, -0.25) is 0 Å². The fourth-order valence-corrected chi connectivity index (χ4v) is 3.44. The summed E-state index contributed by atoms with van der Waals surface area (Å²) in [6.45, 7) is 7.76. The van der Waals surface area contributed by atoms with Gasteiger partial charge >= 0.3 is 0 Å². The summed E-state index contributed by atoms with van der Waals surface area (Å²) < 4.78 is 0. The van der Waals surface area contributed by atoms with E-state index in [4.69, 9.17) is 5.73 Å². The van der Waals surface area contributed by atoms with Gasteiger partial charge in [0.25, 0.3) is 0 Å². The normalized spacial score (nSPS) is 36.5.